The predicted molar refractivity (Wildman–Crippen MR) is 68.2 cm³/mol. The van der Waals surface area contributed by atoms with Gasteiger partial charge in [0.1, 0.15) is 0 Å². The van der Waals surface area contributed by atoms with Crippen LogP contribution in [-0.4, -0.2) is 26.3 Å². The number of benzene rings is 1. The summed E-state index contributed by atoms with van der Waals surface area (Å²) < 4.78 is 0. The molecule has 98 valence electrons. The first kappa shape index (κ1) is 11.6. The highest BCUT2D eigenvalue weighted by Gasteiger charge is 2.30. The Morgan fingerprint density at radius 1 is 1.32 bits per heavy atom. The fourth-order valence-corrected chi connectivity index (χ4v) is 2.47. The molecule has 0 saturated heterocycles. The van der Waals surface area contributed by atoms with Gasteiger partial charge in [0.25, 0.3) is 0 Å². The van der Waals surface area contributed by atoms with E-state index in [1.165, 1.54) is 12.1 Å². The number of amides is 1. The normalized spacial score (nSPS) is 17.9. The summed E-state index contributed by atoms with van der Waals surface area (Å²) in [5, 5.41) is 28.6. The summed E-state index contributed by atoms with van der Waals surface area (Å²) in [6, 6.07) is 4.61. The second-order valence-corrected chi connectivity index (χ2v) is 4.66. The van der Waals surface area contributed by atoms with E-state index in [1.807, 2.05) is 6.92 Å². The summed E-state index contributed by atoms with van der Waals surface area (Å²) in [6.07, 6.45) is 0.289. The molecule has 0 spiro atoms. The summed E-state index contributed by atoms with van der Waals surface area (Å²) in [5.41, 5.74) is 2.58. The van der Waals surface area contributed by atoms with Crippen molar-refractivity contribution in [3.05, 3.63) is 35.0 Å². The van der Waals surface area contributed by atoms with Gasteiger partial charge in [-0.25, -0.2) is 0 Å². The Morgan fingerprint density at radius 2 is 2.11 bits per heavy atom. The van der Waals surface area contributed by atoms with E-state index in [9.17, 15) is 15.0 Å². The largest absolute Gasteiger partial charge is 0.504 e. The maximum Gasteiger partial charge on any atom is 0.226 e. The lowest BCUT2D eigenvalue weighted by Crippen LogP contribution is -2.23. The second-order valence-electron chi connectivity index (χ2n) is 4.66. The third kappa shape index (κ3) is 1.81. The van der Waals surface area contributed by atoms with E-state index in [2.05, 4.69) is 15.5 Å². The number of aryl methyl sites for hydroxylation is 1. The highest BCUT2D eigenvalue weighted by atomic mass is 16.3. The van der Waals surface area contributed by atoms with Crippen molar-refractivity contribution in [3.63, 3.8) is 0 Å². The molecule has 1 aliphatic heterocycles. The number of aromatic hydroxyl groups is 2. The smallest absolute Gasteiger partial charge is 0.226 e. The molecular weight excluding hydrogens is 246 g/mol. The van der Waals surface area contributed by atoms with Crippen molar-refractivity contribution >= 4 is 11.7 Å². The number of hydrogen-bond donors (Lipinski definition) is 4. The number of carbonyl (C=O) groups excluding carboxylic acids is 1. The first-order valence-corrected chi connectivity index (χ1v) is 5.93. The van der Waals surface area contributed by atoms with Crippen LogP contribution in [0.5, 0.6) is 11.5 Å². The van der Waals surface area contributed by atoms with Crippen LogP contribution in [0.25, 0.3) is 0 Å². The zero-order valence-corrected chi connectivity index (χ0v) is 10.3. The van der Waals surface area contributed by atoms with Gasteiger partial charge in [0, 0.05) is 23.6 Å². The SMILES string of the molecule is Cc1[nH]nc2c1[C@@H](c1ccc(O)c(O)c1)CC(=O)N2. The molecule has 0 bridgehead atoms. The van der Waals surface area contributed by atoms with Gasteiger partial charge in [-0.3, -0.25) is 9.89 Å². The third-order valence-electron chi connectivity index (χ3n) is 3.39. The second kappa shape index (κ2) is 4.01. The Labute approximate surface area is 109 Å². The van der Waals surface area contributed by atoms with Gasteiger partial charge in [-0.05, 0) is 24.6 Å². The van der Waals surface area contributed by atoms with Crippen molar-refractivity contribution in [3.8, 4) is 11.5 Å². The molecule has 3 rings (SSSR count). The molecule has 1 aromatic heterocycles. The van der Waals surface area contributed by atoms with E-state index in [4.69, 9.17) is 0 Å². The molecule has 0 unspecified atom stereocenters. The zero-order valence-electron chi connectivity index (χ0n) is 10.3. The number of nitrogens with zero attached hydrogens (tertiary/aromatic N) is 1. The molecule has 1 aromatic carbocycles. The number of anilines is 1. The number of phenols is 2. The van der Waals surface area contributed by atoms with Crippen molar-refractivity contribution in [1.29, 1.82) is 0 Å². The minimum absolute atomic E-state index is 0.114. The molecular formula is C13H13N3O3. The van der Waals surface area contributed by atoms with Crippen molar-refractivity contribution in [2.24, 2.45) is 0 Å². The molecule has 0 radical (unpaired) electrons. The van der Waals surface area contributed by atoms with Gasteiger partial charge >= 0.3 is 0 Å². The van der Waals surface area contributed by atoms with E-state index in [0.29, 0.717) is 5.82 Å². The molecule has 19 heavy (non-hydrogen) atoms. The number of hydrogen-bond acceptors (Lipinski definition) is 4. The van der Waals surface area contributed by atoms with Gasteiger partial charge in [-0.2, -0.15) is 5.10 Å². The zero-order chi connectivity index (χ0) is 13.6. The summed E-state index contributed by atoms with van der Waals surface area (Å²) in [6.45, 7) is 1.89. The Balaban J connectivity index is 2.11. The summed E-state index contributed by atoms with van der Waals surface area (Å²) in [5.74, 6) is -0.115. The molecule has 4 N–H and O–H groups in total. The van der Waals surface area contributed by atoms with Crippen LogP contribution in [0.2, 0.25) is 0 Å². The number of aromatic amines is 1. The summed E-state index contributed by atoms with van der Waals surface area (Å²) >= 11 is 0. The topological polar surface area (TPSA) is 98.2 Å². The van der Waals surface area contributed by atoms with E-state index < -0.39 is 0 Å². The van der Waals surface area contributed by atoms with Crippen LogP contribution >= 0.6 is 0 Å². The number of aromatic nitrogens is 2. The lowest BCUT2D eigenvalue weighted by molar-refractivity contribution is -0.116. The fraction of sp³-hybridized carbons (Fsp3) is 0.231. The standard InChI is InChI=1S/C13H13N3O3/c1-6-12-8(5-11(19)14-13(12)16-15-6)7-2-3-9(17)10(18)4-7/h2-4,8,17-18H,5H2,1H3,(H2,14,15,16,19)/t8-/m1/s1. The quantitative estimate of drug-likeness (QED) is 0.585. The van der Waals surface area contributed by atoms with Gasteiger partial charge in [-0.1, -0.05) is 6.07 Å². The first-order chi connectivity index (χ1) is 9.06. The molecule has 0 saturated carbocycles. The summed E-state index contributed by atoms with van der Waals surface area (Å²) in [7, 11) is 0. The average molecular weight is 259 g/mol. The Kier molecular flexibility index (Phi) is 2.45. The number of phenolic OH excluding ortho intramolecular Hbond substituents is 2. The van der Waals surface area contributed by atoms with Crippen LogP contribution in [0.3, 0.4) is 0 Å². The van der Waals surface area contributed by atoms with Crippen LogP contribution in [0.4, 0.5) is 5.82 Å². The molecule has 6 heteroatoms. The monoisotopic (exact) mass is 259 g/mol. The lowest BCUT2D eigenvalue weighted by atomic mass is 9.86. The van der Waals surface area contributed by atoms with Crippen LogP contribution in [-0.2, 0) is 4.79 Å². The van der Waals surface area contributed by atoms with E-state index in [0.717, 1.165) is 16.8 Å². The highest BCUT2D eigenvalue weighted by molar-refractivity contribution is 5.94. The maximum atomic E-state index is 11.7. The van der Waals surface area contributed by atoms with Crippen LogP contribution < -0.4 is 5.32 Å². The lowest BCUT2D eigenvalue weighted by Gasteiger charge is -2.23. The van der Waals surface area contributed by atoms with Gasteiger partial charge < -0.3 is 15.5 Å². The minimum atomic E-state index is -0.189. The fourth-order valence-electron chi connectivity index (χ4n) is 2.47. The van der Waals surface area contributed by atoms with Gasteiger partial charge in [-0.15, -0.1) is 0 Å². The number of H-pyrrole nitrogens is 1. The molecule has 0 aliphatic carbocycles. The maximum absolute atomic E-state index is 11.7. The number of fused-ring (bicyclic) bond motifs is 1. The first-order valence-electron chi connectivity index (χ1n) is 5.93. The highest BCUT2D eigenvalue weighted by Crippen LogP contribution is 2.39. The minimum Gasteiger partial charge on any atom is -0.504 e. The van der Waals surface area contributed by atoms with Gasteiger partial charge in [0.2, 0.25) is 5.91 Å². The van der Waals surface area contributed by atoms with E-state index >= 15 is 0 Å². The van der Waals surface area contributed by atoms with Crippen LogP contribution in [0.15, 0.2) is 18.2 Å². The number of carbonyl (C=O) groups is 1. The predicted octanol–water partition coefficient (Wildman–Crippen LogP) is 1.60. The van der Waals surface area contributed by atoms with Crippen LogP contribution in [0, 0.1) is 6.92 Å². The molecule has 6 nitrogen and oxygen atoms in total. The van der Waals surface area contributed by atoms with Gasteiger partial charge in [0.15, 0.2) is 17.3 Å². The van der Waals surface area contributed by atoms with Crippen molar-refractivity contribution < 1.29 is 15.0 Å². The summed E-state index contributed by atoms with van der Waals surface area (Å²) in [4.78, 5) is 11.7. The van der Waals surface area contributed by atoms with E-state index in [-0.39, 0.29) is 29.7 Å². The molecule has 1 atom stereocenters. The Hall–Kier alpha value is -2.50. The van der Waals surface area contributed by atoms with Crippen molar-refractivity contribution in [2.75, 3.05) is 5.32 Å². The van der Waals surface area contributed by atoms with Crippen LogP contribution in [0.1, 0.15) is 29.2 Å². The van der Waals surface area contributed by atoms with Gasteiger partial charge in [0.05, 0.1) is 0 Å². The third-order valence-corrected chi connectivity index (χ3v) is 3.39. The Bertz CT molecular complexity index is 663. The van der Waals surface area contributed by atoms with Crippen molar-refractivity contribution in [1.82, 2.24) is 10.2 Å². The molecule has 1 aliphatic rings. The Morgan fingerprint density at radius 3 is 2.84 bits per heavy atom. The number of rotatable bonds is 1. The average Bonchev–Trinajstić information content (AvgIpc) is 2.73. The molecule has 1 amide bonds. The molecule has 2 heterocycles. The van der Waals surface area contributed by atoms with Crippen molar-refractivity contribution in [2.45, 2.75) is 19.3 Å². The van der Waals surface area contributed by atoms with E-state index in [1.54, 1.807) is 6.07 Å². The molecule has 2 aromatic rings. The number of nitrogens with one attached hydrogen (secondary N) is 2. The molecule has 0 fully saturated rings.